The Morgan fingerprint density at radius 3 is 2.95 bits per heavy atom. The average Bonchev–Trinajstić information content (AvgIpc) is 2.84. The van der Waals surface area contributed by atoms with Crippen LogP contribution in [-0.2, 0) is 6.42 Å². The zero-order valence-electron chi connectivity index (χ0n) is 10.5. The number of benzene rings is 1. The van der Waals surface area contributed by atoms with Gasteiger partial charge >= 0.3 is 0 Å². The van der Waals surface area contributed by atoms with Crippen molar-refractivity contribution in [2.24, 2.45) is 5.84 Å². The summed E-state index contributed by atoms with van der Waals surface area (Å²) in [4.78, 5) is 3.91. The monoisotopic (exact) mass is 257 g/mol. The highest BCUT2D eigenvalue weighted by molar-refractivity contribution is 5.37. The van der Waals surface area contributed by atoms with E-state index in [9.17, 15) is 4.39 Å². The van der Waals surface area contributed by atoms with Crippen LogP contribution in [0.2, 0.25) is 0 Å². The minimum atomic E-state index is -0.330. The maximum absolute atomic E-state index is 13.3. The molecule has 0 spiro atoms. The molecule has 2 unspecified atom stereocenters. The van der Waals surface area contributed by atoms with Crippen molar-refractivity contribution in [1.29, 1.82) is 0 Å². The zero-order valence-corrected chi connectivity index (χ0v) is 10.5. The summed E-state index contributed by atoms with van der Waals surface area (Å²) in [5, 5.41) is 0. The maximum atomic E-state index is 13.3. The highest BCUT2D eigenvalue weighted by Gasteiger charge is 2.30. The number of nitrogens with zero attached hydrogens (tertiary/aromatic N) is 1. The second kappa shape index (κ2) is 5.07. The van der Waals surface area contributed by atoms with Crippen molar-refractivity contribution >= 4 is 0 Å². The molecular formula is C15H16FN3. The van der Waals surface area contributed by atoms with Gasteiger partial charge in [0.2, 0.25) is 0 Å². The number of halogens is 1. The first-order chi connectivity index (χ1) is 9.29. The fourth-order valence-electron chi connectivity index (χ4n) is 2.98. The van der Waals surface area contributed by atoms with Crippen LogP contribution in [0.4, 0.5) is 4.39 Å². The van der Waals surface area contributed by atoms with E-state index in [1.165, 1.54) is 23.4 Å². The van der Waals surface area contributed by atoms with Crippen LogP contribution in [0.15, 0.2) is 42.7 Å². The summed E-state index contributed by atoms with van der Waals surface area (Å²) in [6.45, 7) is 0. The number of fused-ring (bicyclic) bond motifs is 1. The van der Waals surface area contributed by atoms with Crippen LogP contribution in [-0.4, -0.2) is 4.98 Å². The molecule has 1 heterocycles. The first kappa shape index (κ1) is 12.3. The summed E-state index contributed by atoms with van der Waals surface area (Å²) in [5.74, 6) is 5.63. The number of hydrogen-bond acceptors (Lipinski definition) is 3. The van der Waals surface area contributed by atoms with E-state index in [2.05, 4.69) is 28.6 Å². The summed E-state index contributed by atoms with van der Waals surface area (Å²) < 4.78 is 13.3. The van der Waals surface area contributed by atoms with Gasteiger partial charge in [0.05, 0.1) is 12.2 Å². The molecule has 1 aromatic heterocycles. The minimum absolute atomic E-state index is 0.105. The fourth-order valence-corrected chi connectivity index (χ4v) is 2.98. The Bertz CT molecular complexity index is 585. The summed E-state index contributed by atoms with van der Waals surface area (Å²) >= 11 is 0. The number of nitrogens with one attached hydrogen (secondary N) is 1. The van der Waals surface area contributed by atoms with Gasteiger partial charge in [0, 0.05) is 12.1 Å². The first-order valence-electron chi connectivity index (χ1n) is 6.44. The minimum Gasteiger partial charge on any atom is -0.271 e. The lowest BCUT2D eigenvalue weighted by molar-refractivity contribution is 0.449. The summed E-state index contributed by atoms with van der Waals surface area (Å²) in [6, 6.07) is 9.76. The number of rotatable bonds is 3. The Morgan fingerprint density at radius 1 is 1.32 bits per heavy atom. The number of aromatic nitrogens is 1. The van der Waals surface area contributed by atoms with Crippen molar-refractivity contribution in [3.05, 3.63) is 65.2 Å². The van der Waals surface area contributed by atoms with Gasteiger partial charge in [-0.15, -0.1) is 0 Å². The van der Waals surface area contributed by atoms with Crippen LogP contribution in [0, 0.1) is 5.82 Å². The topological polar surface area (TPSA) is 50.9 Å². The summed E-state index contributed by atoms with van der Waals surface area (Å²) in [6.07, 6.45) is 4.95. The van der Waals surface area contributed by atoms with E-state index in [1.54, 1.807) is 6.20 Å². The van der Waals surface area contributed by atoms with Crippen LogP contribution in [0.1, 0.15) is 35.1 Å². The van der Waals surface area contributed by atoms with Gasteiger partial charge in [-0.3, -0.25) is 16.3 Å². The number of pyridine rings is 1. The van der Waals surface area contributed by atoms with E-state index in [1.807, 2.05) is 6.07 Å². The smallest absolute Gasteiger partial charge is 0.141 e. The molecule has 3 N–H and O–H groups in total. The van der Waals surface area contributed by atoms with Crippen molar-refractivity contribution in [1.82, 2.24) is 10.4 Å². The molecule has 0 aliphatic heterocycles. The molecule has 98 valence electrons. The van der Waals surface area contributed by atoms with E-state index >= 15 is 0 Å². The highest BCUT2D eigenvalue weighted by Crippen LogP contribution is 2.41. The molecule has 1 aliphatic rings. The van der Waals surface area contributed by atoms with E-state index in [0.29, 0.717) is 0 Å². The van der Waals surface area contributed by atoms with Gasteiger partial charge in [0.1, 0.15) is 5.82 Å². The third-order valence-corrected chi connectivity index (χ3v) is 3.85. The SMILES string of the molecule is NNC(c1cncc(F)c1)C1CCc2ccccc21. The lowest BCUT2D eigenvalue weighted by Crippen LogP contribution is -2.32. The molecule has 0 amide bonds. The second-order valence-corrected chi connectivity index (χ2v) is 4.92. The molecule has 1 aromatic carbocycles. The molecule has 3 nitrogen and oxygen atoms in total. The number of aryl methyl sites for hydroxylation is 1. The quantitative estimate of drug-likeness (QED) is 0.656. The van der Waals surface area contributed by atoms with E-state index < -0.39 is 0 Å². The molecule has 4 heteroatoms. The number of nitrogens with two attached hydrogens (primary N) is 1. The van der Waals surface area contributed by atoms with Gasteiger partial charge in [0.15, 0.2) is 0 Å². The van der Waals surface area contributed by atoms with Crippen molar-refractivity contribution in [2.75, 3.05) is 0 Å². The highest BCUT2D eigenvalue weighted by atomic mass is 19.1. The van der Waals surface area contributed by atoms with Crippen LogP contribution in [0.3, 0.4) is 0 Å². The Balaban J connectivity index is 1.96. The molecule has 0 saturated heterocycles. The van der Waals surface area contributed by atoms with Crippen molar-refractivity contribution in [3.63, 3.8) is 0 Å². The lowest BCUT2D eigenvalue weighted by Gasteiger charge is -2.24. The van der Waals surface area contributed by atoms with Gasteiger partial charge in [-0.25, -0.2) is 4.39 Å². The van der Waals surface area contributed by atoms with E-state index in [4.69, 9.17) is 5.84 Å². The van der Waals surface area contributed by atoms with Gasteiger partial charge in [-0.2, -0.15) is 0 Å². The molecular weight excluding hydrogens is 241 g/mol. The summed E-state index contributed by atoms with van der Waals surface area (Å²) in [7, 11) is 0. The van der Waals surface area contributed by atoms with Crippen LogP contribution in [0.5, 0.6) is 0 Å². The van der Waals surface area contributed by atoms with Crippen LogP contribution >= 0.6 is 0 Å². The summed E-state index contributed by atoms with van der Waals surface area (Å²) in [5.41, 5.74) is 6.28. The molecule has 19 heavy (non-hydrogen) atoms. The molecule has 0 radical (unpaired) electrons. The molecule has 0 bridgehead atoms. The lowest BCUT2D eigenvalue weighted by atomic mass is 9.89. The number of hydrogen-bond donors (Lipinski definition) is 2. The normalized spacial score (nSPS) is 19.2. The molecule has 2 aromatic rings. The molecule has 1 aliphatic carbocycles. The number of hydrazine groups is 1. The molecule has 0 saturated carbocycles. The Hall–Kier alpha value is -1.78. The first-order valence-corrected chi connectivity index (χ1v) is 6.44. The Morgan fingerprint density at radius 2 is 2.16 bits per heavy atom. The van der Waals surface area contributed by atoms with Crippen LogP contribution < -0.4 is 11.3 Å². The van der Waals surface area contributed by atoms with Crippen molar-refractivity contribution in [2.45, 2.75) is 24.8 Å². The van der Waals surface area contributed by atoms with Crippen molar-refractivity contribution in [3.8, 4) is 0 Å². The third kappa shape index (κ3) is 2.25. The van der Waals surface area contributed by atoms with Crippen LogP contribution in [0.25, 0.3) is 0 Å². The maximum Gasteiger partial charge on any atom is 0.141 e. The Labute approximate surface area is 111 Å². The second-order valence-electron chi connectivity index (χ2n) is 4.92. The predicted molar refractivity (Wildman–Crippen MR) is 71.8 cm³/mol. The third-order valence-electron chi connectivity index (χ3n) is 3.85. The standard InChI is InChI=1S/C15H16FN3/c16-12-7-11(8-18-9-12)15(19-17)14-6-5-10-3-1-2-4-13(10)14/h1-4,7-9,14-15,19H,5-6,17H2. The van der Waals surface area contributed by atoms with Gasteiger partial charge < -0.3 is 0 Å². The molecule has 0 fully saturated rings. The fraction of sp³-hybridized carbons (Fsp3) is 0.267. The van der Waals surface area contributed by atoms with Gasteiger partial charge in [-0.1, -0.05) is 24.3 Å². The molecule has 3 rings (SSSR count). The molecule has 2 atom stereocenters. The van der Waals surface area contributed by atoms with Crippen molar-refractivity contribution < 1.29 is 4.39 Å². The zero-order chi connectivity index (χ0) is 13.2. The Kier molecular flexibility index (Phi) is 3.27. The largest absolute Gasteiger partial charge is 0.271 e. The van der Waals surface area contributed by atoms with Gasteiger partial charge in [-0.05, 0) is 35.6 Å². The predicted octanol–water partition coefficient (Wildman–Crippen LogP) is 2.46. The van der Waals surface area contributed by atoms with Gasteiger partial charge in [0.25, 0.3) is 0 Å². The van der Waals surface area contributed by atoms with E-state index in [0.717, 1.165) is 18.4 Å². The average molecular weight is 257 g/mol. The van der Waals surface area contributed by atoms with E-state index in [-0.39, 0.29) is 17.8 Å².